The number of hydrogen-bond donors (Lipinski definition) is 1. The van der Waals surface area contributed by atoms with Gasteiger partial charge >= 0.3 is 5.69 Å². The highest BCUT2D eigenvalue weighted by molar-refractivity contribution is 5.94. The van der Waals surface area contributed by atoms with Crippen molar-refractivity contribution in [1.29, 1.82) is 0 Å². The van der Waals surface area contributed by atoms with Crippen LogP contribution >= 0.6 is 0 Å². The number of amides is 1. The van der Waals surface area contributed by atoms with Gasteiger partial charge in [-0.2, -0.15) is 5.10 Å². The number of nitrogens with one attached hydrogen (secondary N) is 1. The molecule has 28 heavy (non-hydrogen) atoms. The minimum Gasteiger partial charge on any atom is -0.339 e. The van der Waals surface area contributed by atoms with Gasteiger partial charge in [0.15, 0.2) is 0 Å². The zero-order valence-corrected chi connectivity index (χ0v) is 16.0. The van der Waals surface area contributed by atoms with Crippen molar-refractivity contribution in [2.24, 2.45) is 0 Å². The monoisotopic (exact) mass is 376 g/mol. The highest BCUT2D eigenvalue weighted by Gasteiger charge is 2.26. The molecule has 0 atom stereocenters. The lowest BCUT2D eigenvalue weighted by molar-refractivity contribution is 0.0711. The Hall–Kier alpha value is -3.15. The molecular formula is C22H24N4O2. The quantitative estimate of drug-likeness (QED) is 0.761. The van der Waals surface area contributed by atoms with Crippen LogP contribution in [0.3, 0.4) is 0 Å². The molecule has 1 N–H and O–H groups in total. The zero-order valence-electron chi connectivity index (χ0n) is 16.0. The lowest BCUT2D eigenvalue weighted by Crippen LogP contribution is -2.38. The molecule has 0 spiro atoms. The second-order valence-electron chi connectivity index (χ2n) is 7.39. The number of H-pyrrole nitrogens is 1. The van der Waals surface area contributed by atoms with Crippen molar-refractivity contribution in [2.45, 2.75) is 32.2 Å². The number of nitrogens with zero attached hydrogens (tertiary/aromatic N) is 3. The summed E-state index contributed by atoms with van der Waals surface area (Å²) < 4.78 is 1.48. The Morgan fingerprint density at radius 2 is 1.75 bits per heavy atom. The van der Waals surface area contributed by atoms with Crippen molar-refractivity contribution in [1.82, 2.24) is 19.7 Å². The fourth-order valence-corrected chi connectivity index (χ4v) is 3.66. The van der Waals surface area contributed by atoms with E-state index in [1.54, 1.807) is 0 Å². The van der Waals surface area contributed by atoms with Crippen LogP contribution in [0.25, 0.3) is 0 Å². The molecule has 1 aromatic heterocycles. The zero-order chi connectivity index (χ0) is 19.5. The molecule has 0 aliphatic carbocycles. The first-order valence-electron chi connectivity index (χ1n) is 9.67. The Bertz CT molecular complexity index is 997. The maximum Gasteiger partial charge on any atom is 0.343 e. The molecule has 6 heteroatoms. The van der Waals surface area contributed by atoms with E-state index in [2.05, 4.69) is 10.1 Å². The molecule has 6 nitrogen and oxygen atoms in total. The molecule has 0 radical (unpaired) electrons. The fourth-order valence-electron chi connectivity index (χ4n) is 3.66. The van der Waals surface area contributed by atoms with Gasteiger partial charge in [0.1, 0.15) is 5.82 Å². The van der Waals surface area contributed by atoms with E-state index in [0.717, 1.165) is 35.4 Å². The average molecular weight is 376 g/mol. The van der Waals surface area contributed by atoms with E-state index in [0.29, 0.717) is 19.6 Å². The lowest BCUT2D eigenvalue weighted by atomic mass is 9.95. The first kappa shape index (κ1) is 18.2. The molecule has 1 fully saturated rings. The maximum absolute atomic E-state index is 12.7. The number of aromatic amines is 1. The van der Waals surface area contributed by atoms with Gasteiger partial charge in [-0.25, -0.2) is 9.48 Å². The standard InChI is InChI=1S/C22H24N4O2/c1-16-7-9-19(10-8-16)21(27)25-13-11-18(12-14-25)20-23-22(28)26(24-20)15-17-5-3-2-4-6-17/h2-10,18H,11-15H2,1H3,(H,23,24,28). The molecule has 1 saturated heterocycles. The van der Waals surface area contributed by atoms with Crippen LogP contribution in [-0.4, -0.2) is 38.7 Å². The highest BCUT2D eigenvalue weighted by Crippen LogP contribution is 2.26. The summed E-state index contributed by atoms with van der Waals surface area (Å²) in [4.78, 5) is 29.7. The summed E-state index contributed by atoms with van der Waals surface area (Å²) in [7, 11) is 0. The van der Waals surface area contributed by atoms with Crippen LogP contribution in [0, 0.1) is 6.92 Å². The third-order valence-electron chi connectivity index (χ3n) is 5.34. The number of benzene rings is 2. The van der Waals surface area contributed by atoms with Crippen LogP contribution < -0.4 is 5.69 Å². The summed E-state index contributed by atoms with van der Waals surface area (Å²) in [6.45, 7) is 3.81. The second kappa shape index (κ2) is 7.84. The van der Waals surface area contributed by atoms with Crippen molar-refractivity contribution in [2.75, 3.05) is 13.1 Å². The fraction of sp³-hybridized carbons (Fsp3) is 0.318. The Balaban J connectivity index is 1.40. The maximum atomic E-state index is 12.7. The summed E-state index contributed by atoms with van der Waals surface area (Å²) in [5.41, 5.74) is 2.73. The number of rotatable bonds is 4. The molecule has 0 saturated carbocycles. The summed E-state index contributed by atoms with van der Waals surface area (Å²) in [5, 5.41) is 4.51. The van der Waals surface area contributed by atoms with Crippen molar-refractivity contribution >= 4 is 5.91 Å². The first-order valence-corrected chi connectivity index (χ1v) is 9.67. The molecule has 1 amide bonds. The van der Waals surface area contributed by atoms with Crippen molar-refractivity contribution in [3.8, 4) is 0 Å². The predicted octanol–water partition coefficient (Wildman–Crippen LogP) is 2.95. The van der Waals surface area contributed by atoms with Gasteiger partial charge in [0.2, 0.25) is 0 Å². The number of hydrogen-bond acceptors (Lipinski definition) is 3. The molecule has 3 aromatic rings. The van der Waals surface area contributed by atoms with Crippen LogP contribution in [0.15, 0.2) is 59.4 Å². The number of carbonyl (C=O) groups is 1. The van der Waals surface area contributed by atoms with Gasteiger partial charge in [-0.05, 0) is 37.5 Å². The van der Waals surface area contributed by atoms with Gasteiger partial charge in [0, 0.05) is 24.6 Å². The average Bonchev–Trinajstić information content (AvgIpc) is 3.09. The van der Waals surface area contributed by atoms with Crippen LogP contribution in [0.1, 0.15) is 46.1 Å². The van der Waals surface area contributed by atoms with Gasteiger partial charge in [0.25, 0.3) is 5.91 Å². The van der Waals surface area contributed by atoms with Crippen LogP contribution in [-0.2, 0) is 6.54 Å². The summed E-state index contributed by atoms with van der Waals surface area (Å²) in [6, 6.07) is 17.5. The molecule has 4 rings (SSSR count). The van der Waals surface area contributed by atoms with Gasteiger partial charge in [-0.1, -0.05) is 48.0 Å². The van der Waals surface area contributed by atoms with Crippen LogP contribution in [0.5, 0.6) is 0 Å². The summed E-state index contributed by atoms with van der Waals surface area (Å²) >= 11 is 0. The van der Waals surface area contributed by atoms with Gasteiger partial charge in [-0.15, -0.1) is 0 Å². The molecule has 1 aliphatic heterocycles. The SMILES string of the molecule is Cc1ccc(C(=O)N2CCC(c3nn(Cc4ccccc4)c(=O)[nH]3)CC2)cc1. The topological polar surface area (TPSA) is 71.0 Å². The highest BCUT2D eigenvalue weighted by atomic mass is 16.2. The largest absolute Gasteiger partial charge is 0.343 e. The molecule has 2 heterocycles. The van der Waals surface area contributed by atoms with E-state index in [-0.39, 0.29) is 17.5 Å². The molecule has 0 bridgehead atoms. The first-order chi connectivity index (χ1) is 13.6. The Morgan fingerprint density at radius 3 is 2.43 bits per heavy atom. The third kappa shape index (κ3) is 3.91. The molecular weight excluding hydrogens is 352 g/mol. The lowest BCUT2D eigenvalue weighted by Gasteiger charge is -2.31. The Kier molecular flexibility index (Phi) is 5.10. The molecule has 2 aromatic carbocycles. The normalized spacial score (nSPS) is 15.0. The summed E-state index contributed by atoms with van der Waals surface area (Å²) in [5.74, 6) is 0.969. The molecule has 1 aliphatic rings. The minimum absolute atomic E-state index is 0.0709. The van der Waals surface area contributed by atoms with E-state index in [9.17, 15) is 9.59 Å². The minimum atomic E-state index is -0.183. The van der Waals surface area contributed by atoms with Crippen molar-refractivity contribution in [3.63, 3.8) is 0 Å². The van der Waals surface area contributed by atoms with E-state index >= 15 is 0 Å². The van der Waals surface area contributed by atoms with Gasteiger partial charge < -0.3 is 4.90 Å². The Labute approximate surface area is 163 Å². The smallest absolute Gasteiger partial charge is 0.339 e. The van der Waals surface area contributed by atoms with E-state index < -0.39 is 0 Å². The number of aryl methyl sites for hydroxylation is 1. The van der Waals surface area contributed by atoms with Crippen LogP contribution in [0.2, 0.25) is 0 Å². The Morgan fingerprint density at radius 1 is 1.07 bits per heavy atom. The number of piperidine rings is 1. The molecule has 0 unspecified atom stereocenters. The molecule has 144 valence electrons. The van der Waals surface area contributed by atoms with Gasteiger partial charge in [0.05, 0.1) is 6.54 Å². The van der Waals surface area contributed by atoms with E-state index in [4.69, 9.17) is 0 Å². The van der Waals surface area contributed by atoms with E-state index in [1.807, 2.05) is 66.4 Å². The predicted molar refractivity (Wildman–Crippen MR) is 107 cm³/mol. The number of likely N-dealkylation sites (tertiary alicyclic amines) is 1. The van der Waals surface area contributed by atoms with Crippen molar-refractivity contribution in [3.05, 3.63) is 87.6 Å². The van der Waals surface area contributed by atoms with Crippen molar-refractivity contribution < 1.29 is 4.79 Å². The van der Waals surface area contributed by atoms with E-state index in [1.165, 1.54) is 4.68 Å². The second-order valence-corrected chi connectivity index (χ2v) is 7.39. The van der Waals surface area contributed by atoms with Gasteiger partial charge in [-0.3, -0.25) is 9.78 Å². The third-order valence-corrected chi connectivity index (χ3v) is 5.34. The van der Waals surface area contributed by atoms with Crippen LogP contribution in [0.4, 0.5) is 0 Å². The number of carbonyl (C=O) groups excluding carboxylic acids is 1. The number of aromatic nitrogens is 3. The summed E-state index contributed by atoms with van der Waals surface area (Å²) in [6.07, 6.45) is 1.60.